The molecule has 0 saturated carbocycles. The van der Waals surface area contributed by atoms with Crippen LogP contribution in [0.4, 0.5) is 0 Å². The molecule has 0 spiro atoms. The second-order valence-corrected chi connectivity index (χ2v) is 6.84. The maximum atomic E-state index is 12.5. The number of carbonyl (C=O) groups is 1. The number of hydrogen-bond acceptors (Lipinski definition) is 2. The van der Waals surface area contributed by atoms with Crippen molar-refractivity contribution in [3.8, 4) is 0 Å². The molecule has 0 aliphatic heterocycles. The second-order valence-electron chi connectivity index (χ2n) is 4.63. The lowest BCUT2D eigenvalue weighted by molar-refractivity contribution is 0.0990. The molecule has 0 radical (unpaired) electrons. The van der Waals surface area contributed by atoms with Gasteiger partial charge in [-0.25, -0.2) is 0 Å². The summed E-state index contributed by atoms with van der Waals surface area (Å²) in [5, 5.41) is 5.06. The van der Waals surface area contributed by atoms with Crippen molar-refractivity contribution in [1.82, 2.24) is 9.78 Å². The lowest BCUT2D eigenvalue weighted by Gasteiger charge is -2.06. The fourth-order valence-electron chi connectivity index (χ4n) is 2.16. The first kappa shape index (κ1) is 16.7. The van der Waals surface area contributed by atoms with Crippen LogP contribution >= 0.6 is 43.5 Å². The van der Waals surface area contributed by atoms with Crippen LogP contribution in [-0.4, -0.2) is 15.6 Å². The predicted molar refractivity (Wildman–Crippen MR) is 92.2 cm³/mol. The zero-order valence-corrected chi connectivity index (χ0v) is 15.7. The Morgan fingerprint density at radius 2 is 1.86 bits per heavy atom. The molecule has 0 bridgehead atoms. The number of rotatable bonds is 5. The first-order chi connectivity index (χ1) is 9.96. The number of halogens is 3. The number of aromatic nitrogens is 2. The van der Waals surface area contributed by atoms with E-state index in [0.29, 0.717) is 17.1 Å². The summed E-state index contributed by atoms with van der Waals surface area (Å²) in [7, 11) is 0. The maximum absolute atomic E-state index is 12.5. The topological polar surface area (TPSA) is 34.9 Å². The van der Waals surface area contributed by atoms with Gasteiger partial charge in [0, 0.05) is 21.1 Å². The van der Waals surface area contributed by atoms with E-state index in [2.05, 4.69) is 37.0 Å². The molecule has 0 fully saturated rings. The molecule has 1 heterocycles. The smallest absolute Gasteiger partial charge is 0.168 e. The Morgan fingerprint density at radius 1 is 1.24 bits per heavy atom. The van der Waals surface area contributed by atoms with Crippen LogP contribution in [0, 0.1) is 0 Å². The van der Waals surface area contributed by atoms with Crippen molar-refractivity contribution < 1.29 is 4.79 Å². The van der Waals surface area contributed by atoms with Crippen molar-refractivity contribution in [2.75, 3.05) is 0 Å². The Bertz CT molecular complexity index is 662. The lowest BCUT2D eigenvalue weighted by atomic mass is 10.1. The summed E-state index contributed by atoms with van der Waals surface area (Å²) in [6.07, 6.45) is 1.01. The number of hydrogen-bond donors (Lipinski definition) is 0. The van der Waals surface area contributed by atoms with Gasteiger partial charge in [-0.3, -0.25) is 9.48 Å². The number of carbonyl (C=O) groups excluding carboxylic acids is 1. The van der Waals surface area contributed by atoms with Crippen LogP contribution < -0.4 is 0 Å². The SMILES string of the molecule is CCc1nn(CC)c(CC(=O)c2cc(Br)cc(Br)c2)c1Cl. The molecule has 6 heteroatoms. The third-order valence-electron chi connectivity index (χ3n) is 3.21. The molecule has 0 amide bonds. The molecular formula is C15H15Br2ClN2O. The predicted octanol–water partition coefficient (Wildman–Crippen LogP) is 5.07. The van der Waals surface area contributed by atoms with Gasteiger partial charge in [0.1, 0.15) is 0 Å². The van der Waals surface area contributed by atoms with Crippen LogP contribution in [-0.2, 0) is 19.4 Å². The number of aryl methyl sites for hydroxylation is 2. The van der Waals surface area contributed by atoms with Crippen molar-refractivity contribution in [1.29, 1.82) is 0 Å². The van der Waals surface area contributed by atoms with Gasteiger partial charge in [0.15, 0.2) is 5.78 Å². The van der Waals surface area contributed by atoms with Gasteiger partial charge in [-0.2, -0.15) is 5.10 Å². The molecule has 0 unspecified atom stereocenters. The molecule has 1 aromatic heterocycles. The minimum atomic E-state index is 0.0242. The molecule has 0 saturated heterocycles. The third kappa shape index (κ3) is 3.76. The molecule has 2 rings (SSSR count). The molecule has 21 heavy (non-hydrogen) atoms. The van der Waals surface area contributed by atoms with E-state index in [4.69, 9.17) is 11.6 Å². The number of benzene rings is 1. The van der Waals surface area contributed by atoms with E-state index in [9.17, 15) is 4.79 Å². The standard InChI is InChI=1S/C15H15Br2ClN2O/c1-3-12-15(18)13(20(4-2)19-12)8-14(21)9-5-10(16)7-11(17)6-9/h5-7H,3-4,8H2,1-2H3. The molecular weight excluding hydrogens is 419 g/mol. The first-order valence-electron chi connectivity index (χ1n) is 6.69. The third-order valence-corrected chi connectivity index (χ3v) is 4.56. The summed E-state index contributed by atoms with van der Waals surface area (Å²) in [6.45, 7) is 4.70. The van der Waals surface area contributed by atoms with E-state index >= 15 is 0 Å². The molecule has 0 atom stereocenters. The summed E-state index contributed by atoms with van der Waals surface area (Å²) in [5.74, 6) is 0.0242. The van der Waals surface area contributed by atoms with Crippen molar-refractivity contribution in [3.05, 3.63) is 49.1 Å². The highest BCUT2D eigenvalue weighted by atomic mass is 79.9. The quantitative estimate of drug-likeness (QED) is 0.616. The van der Waals surface area contributed by atoms with Crippen LogP contribution in [0.25, 0.3) is 0 Å². The van der Waals surface area contributed by atoms with Crippen molar-refractivity contribution >= 4 is 49.2 Å². The van der Waals surface area contributed by atoms with E-state index in [0.717, 1.165) is 26.8 Å². The molecule has 112 valence electrons. The fraction of sp³-hybridized carbons (Fsp3) is 0.333. The van der Waals surface area contributed by atoms with Crippen LogP contribution in [0.1, 0.15) is 35.6 Å². The van der Waals surface area contributed by atoms with Gasteiger partial charge < -0.3 is 0 Å². The van der Waals surface area contributed by atoms with Crippen LogP contribution in [0.5, 0.6) is 0 Å². The highest BCUT2D eigenvalue weighted by Gasteiger charge is 2.18. The zero-order valence-electron chi connectivity index (χ0n) is 11.8. The van der Waals surface area contributed by atoms with E-state index in [-0.39, 0.29) is 12.2 Å². The Labute approximate surface area is 145 Å². The van der Waals surface area contributed by atoms with E-state index in [1.54, 1.807) is 0 Å². The van der Waals surface area contributed by atoms with Gasteiger partial charge in [0.2, 0.25) is 0 Å². The Balaban J connectivity index is 2.33. The highest BCUT2D eigenvalue weighted by Crippen LogP contribution is 2.25. The van der Waals surface area contributed by atoms with Crippen LogP contribution in [0.3, 0.4) is 0 Å². The van der Waals surface area contributed by atoms with E-state index in [1.807, 2.05) is 36.7 Å². The summed E-state index contributed by atoms with van der Waals surface area (Å²) in [4.78, 5) is 12.5. The number of nitrogens with zero attached hydrogens (tertiary/aromatic N) is 2. The Hall–Kier alpha value is -0.650. The summed E-state index contributed by atoms with van der Waals surface area (Å²) < 4.78 is 3.54. The zero-order chi connectivity index (χ0) is 15.6. The largest absolute Gasteiger partial charge is 0.294 e. The first-order valence-corrected chi connectivity index (χ1v) is 8.66. The normalized spacial score (nSPS) is 10.9. The van der Waals surface area contributed by atoms with Crippen molar-refractivity contribution in [3.63, 3.8) is 0 Å². The van der Waals surface area contributed by atoms with Crippen molar-refractivity contribution in [2.45, 2.75) is 33.2 Å². The average Bonchev–Trinajstić information content (AvgIpc) is 2.74. The number of ketones is 1. The van der Waals surface area contributed by atoms with Gasteiger partial charge in [-0.05, 0) is 31.5 Å². The monoisotopic (exact) mass is 432 g/mol. The van der Waals surface area contributed by atoms with E-state index < -0.39 is 0 Å². The molecule has 2 aromatic rings. The molecule has 0 N–H and O–H groups in total. The van der Waals surface area contributed by atoms with Gasteiger partial charge in [0.05, 0.1) is 22.8 Å². The van der Waals surface area contributed by atoms with Gasteiger partial charge in [0.25, 0.3) is 0 Å². The lowest BCUT2D eigenvalue weighted by Crippen LogP contribution is -2.10. The molecule has 3 nitrogen and oxygen atoms in total. The van der Waals surface area contributed by atoms with Crippen LogP contribution in [0.15, 0.2) is 27.1 Å². The minimum absolute atomic E-state index is 0.0242. The maximum Gasteiger partial charge on any atom is 0.168 e. The average molecular weight is 435 g/mol. The summed E-state index contributed by atoms with van der Waals surface area (Å²) in [6, 6.07) is 5.53. The van der Waals surface area contributed by atoms with Gasteiger partial charge >= 0.3 is 0 Å². The molecule has 1 aromatic carbocycles. The van der Waals surface area contributed by atoms with Gasteiger partial charge in [-0.15, -0.1) is 0 Å². The van der Waals surface area contributed by atoms with E-state index in [1.165, 1.54) is 0 Å². The number of Topliss-reactive ketones (excluding diaryl/α,β-unsaturated/α-hetero) is 1. The van der Waals surface area contributed by atoms with Crippen LogP contribution in [0.2, 0.25) is 5.02 Å². The van der Waals surface area contributed by atoms with Gasteiger partial charge in [-0.1, -0.05) is 50.4 Å². The summed E-state index contributed by atoms with van der Waals surface area (Å²) >= 11 is 13.1. The fourth-order valence-corrected chi connectivity index (χ4v) is 3.78. The second kappa shape index (κ2) is 7.07. The molecule has 0 aliphatic rings. The molecule has 0 aliphatic carbocycles. The Kier molecular flexibility index (Phi) is 5.63. The Morgan fingerprint density at radius 3 is 2.38 bits per heavy atom. The highest BCUT2D eigenvalue weighted by molar-refractivity contribution is 9.11. The summed E-state index contributed by atoms with van der Waals surface area (Å²) in [5.41, 5.74) is 2.28. The van der Waals surface area contributed by atoms with Crippen molar-refractivity contribution in [2.24, 2.45) is 0 Å². The minimum Gasteiger partial charge on any atom is -0.294 e.